The molecule has 0 aliphatic carbocycles. The second-order valence-corrected chi connectivity index (χ2v) is 4.05. The Balaban J connectivity index is 2.53. The summed E-state index contributed by atoms with van der Waals surface area (Å²) in [4.78, 5) is 14.9. The molecular formula is C11H11NO4. The number of phenolic OH excluding ortho intramolecular Hbond substituents is 2. The van der Waals surface area contributed by atoms with Crippen LogP contribution in [0, 0.1) is 0 Å². The summed E-state index contributed by atoms with van der Waals surface area (Å²) in [5, 5.41) is 27.9. The number of hydrogen-bond acceptors (Lipinski definition) is 4. The summed E-state index contributed by atoms with van der Waals surface area (Å²) < 4.78 is 0. The molecule has 2 rings (SSSR count). The Morgan fingerprint density at radius 2 is 2.12 bits per heavy atom. The Kier molecular flexibility index (Phi) is 2.11. The van der Waals surface area contributed by atoms with Gasteiger partial charge in [0.15, 0.2) is 5.54 Å². The fraction of sp³-hybridized carbons (Fsp3) is 0.273. The smallest absolute Gasteiger partial charge is 0.331 e. The minimum absolute atomic E-state index is 0.0840. The molecular weight excluding hydrogens is 210 g/mol. The summed E-state index contributed by atoms with van der Waals surface area (Å²) in [6.07, 6.45) is 1.48. The van der Waals surface area contributed by atoms with Crippen molar-refractivity contribution >= 4 is 12.2 Å². The van der Waals surface area contributed by atoms with Gasteiger partial charge in [-0.1, -0.05) is 0 Å². The van der Waals surface area contributed by atoms with E-state index < -0.39 is 11.5 Å². The molecule has 1 atom stereocenters. The number of aliphatic imine (C=N–C) groups is 1. The lowest BCUT2D eigenvalue weighted by atomic mass is 9.88. The van der Waals surface area contributed by atoms with Crippen molar-refractivity contribution in [2.24, 2.45) is 4.99 Å². The van der Waals surface area contributed by atoms with E-state index >= 15 is 0 Å². The maximum atomic E-state index is 11.0. The topological polar surface area (TPSA) is 90.1 Å². The molecule has 1 unspecified atom stereocenters. The lowest BCUT2D eigenvalue weighted by molar-refractivity contribution is -0.142. The highest BCUT2D eigenvalue weighted by Crippen LogP contribution is 2.32. The quantitative estimate of drug-likeness (QED) is 0.657. The average molecular weight is 221 g/mol. The van der Waals surface area contributed by atoms with Gasteiger partial charge in [-0.2, -0.15) is 0 Å². The van der Waals surface area contributed by atoms with Gasteiger partial charge in [0.1, 0.15) is 11.5 Å². The zero-order chi connectivity index (χ0) is 11.9. The predicted octanol–water partition coefficient (Wildman–Crippen LogP) is 0.916. The van der Waals surface area contributed by atoms with Gasteiger partial charge in [-0.05, 0) is 18.6 Å². The third kappa shape index (κ3) is 1.50. The zero-order valence-corrected chi connectivity index (χ0v) is 8.64. The van der Waals surface area contributed by atoms with E-state index in [0.717, 1.165) is 0 Å². The van der Waals surface area contributed by atoms with E-state index in [1.165, 1.54) is 25.3 Å². The van der Waals surface area contributed by atoms with Crippen LogP contribution in [0.2, 0.25) is 0 Å². The first-order valence-corrected chi connectivity index (χ1v) is 4.76. The molecule has 0 saturated carbocycles. The molecule has 0 bridgehead atoms. The SMILES string of the molecule is CC1(C(=O)O)Cc2cc(O)cc(O)c2C=N1. The van der Waals surface area contributed by atoms with Crippen LogP contribution in [0.1, 0.15) is 18.1 Å². The van der Waals surface area contributed by atoms with Crippen molar-refractivity contribution in [2.45, 2.75) is 18.9 Å². The molecule has 0 spiro atoms. The lowest BCUT2D eigenvalue weighted by Crippen LogP contribution is -2.38. The van der Waals surface area contributed by atoms with Crippen LogP contribution in [0.25, 0.3) is 0 Å². The van der Waals surface area contributed by atoms with Crippen LogP contribution < -0.4 is 0 Å². The van der Waals surface area contributed by atoms with Crippen molar-refractivity contribution in [3.63, 3.8) is 0 Å². The normalized spacial score (nSPS) is 22.8. The molecule has 1 aromatic carbocycles. The molecule has 0 amide bonds. The Bertz CT molecular complexity index is 495. The Labute approximate surface area is 91.7 Å². The highest BCUT2D eigenvalue weighted by Gasteiger charge is 2.36. The standard InChI is InChI=1S/C11H11NO4/c1-11(10(15)16)4-6-2-7(13)3-9(14)8(6)5-12-11/h2-3,5,13-14H,4H2,1H3,(H,15,16). The van der Waals surface area contributed by atoms with Crippen LogP contribution >= 0.6 is 0 Å². The summed E-state index contributed by atoms with van der Waals surface area (Å²) >= 11 is 0. The number of carbonyl (C=O) groups is 1. The van der Waals surface area contributed by atoms with Crippen LogP contribution in [0.5, 0.6) is 11.5 Å². The van der Waals surface area contributed by atoms with Crippen molar-refractivity contribution in [2.75, 3.05) is 0 Å². The zero-order valence-electron chi connectivity index (χ0n) is 8.64. The molecule has 5 heteroatoms. The van der Waals surface area contributed by atoms with Gasteiger partial charge >= 0.3 is 5.97 Å². The number of aliphatic carboxylic acids is 1. The largest absolute Gasteiger partial charge is 0.508 e. The van der Waals surface area contributed by atoms with Crippen LogP contribution in [0.15, 0.2) is 17.1 Å². The molecule has 0 radical (unpaired) electrons. The van der Waals surface area contributed by atoms with E-state index in [1.54, 1.807) is 0 Å². The van der Waals surface area contributed by atoms with Crippen LogP contribution in [0.3, 0.4) is 0 Å². The molecule has 3 N–H and O–H groups in total. The molecule has 0 saturated heterocycles. The summed E-state index contributed by atoms with van der Waals surface area (Å²) in [6, 6.07) is 2.65. The number of fused-ring (bicyclic) bond motifs is 1. The molecule has 16 heavy (non-hydrogen) atoms. The maximum absolute atomic E-state index is 11.0. The van der Waals surface area contributed by atoms with Crippen LogP contribution in [0.4, 0.5) is 0 Å². The second-order valence-electron chi connectivity index (χ2n) is 4.05. The van der Waals surface area contributed by atoms with Gasteiger partial charge in [0.25, 0.3) is 0 Å². The number of carboxylic acids is 1. The fourth-order valence-corrected chi connectivity index (χ4v) is 1.73. The second kappa shape index (κ2) is 3.23. The highest BCUT2D eigenvalue weighted by atomic mass is 16.4. The monoisotopic (exact) mass is 221 g/mol. The van der Waals surface area contributed by atoms with E-state index in [0.29, 0.717) is 11.1 Å². The molecule has 1 aliphatic heterocycles. The molecule has 1 aromatic rings. The van der Waals surface area contributed by atoms with Crippen molar-refractivity contribution in [3.8, 4) is 11.5 Å². The summed E-state index contributed by atoms with van der Waals surface area (Å²) in [5.74, 6) is -1.21. The van der Waals surface area contributed by atoms with Crippen molar-refractivity contribution in [1.82, 2.24) is 0 Å². The van der Waals surface area contributed by atoms with Gasteiger partial charge in [-0.25, -0.2) is 4.79 Å². The van der Waals surface area contributed by atoms with Gasteiger partial charge in [-0.3, -0.25) is 4.99 Å². The van der Waals surface area contributed by atoms with Crippen LogP contribution in [-0.4, -0.2) is 33.0 Å². The molecule has 5 nitrogen and oxygen atoms in total. The molecule has 0 aromatic heterocycles. The Morgan fingerprint density at radius 3 is 2.75 bits per heavy atom. The molecule has 1 aliphatic rings. The molecule has 0 fully saturated rings. The average Bonchev–Trinajstić information content (AvgIpc) is 2.16. The summed E-state index contributed by atoms with van der Waals surface area (Å²) in [6.45, 7) is 1.50. The Morgan fingerprint density at radius 1 is 1.44 bits per heavy atom. The minimum Gasteiger partial charge on any atom is -0.508 e. The van der Waals surface area contributed by atoms with Gasteiger partial charge in [0, 0.05) is 24.3 Å². The maximum Gasteiger partial charge on any atom is 0.331 e. The van der Waals surface area contributed by atoms with E-state index in [4.69, 9.17) is 5.11 Å². The van der Waals surface area contributed by atoms with E-state index in [9.17, 15) is 15.0 Å². The lowest BCUT2D eigenvalue weighted by Gasteiger charge is -2.25. The number of hydrogen-bond donors (Lipinski definition) is 3. The van der Waals surface area contributed by atoms with Crippen molar-refractivity contribution in [3.05, 3.63) is 23.3 Å². The van der Waals surface area contributed by atoms with Crippen molar-refractivity contribution < 1.29 is 20.1 Å². The third-order valence-electron chi connectivity index (χ3n) is 2.70. The third-order valence-corrected chi connectivity index (χ3v) is 2.70. The number of carboxylic acid groups (broad SMARTS) is 1. The van der Waals surface area contributed by atoms with Crippen LogP contribution in [-0.2, 0) is 11.2 Å². The molecule has 84 valence electrons. The van der Waals surface area contributed by atoms with E-state index in [-0.39, 0.29) is 17.9 Å². The fourth-order valence-electron chi connectivity index (χ4n) is 1.73. The summed E-state index contributed by atoms with van der Waals surface area (Å²) in [7, 11) is 0. The van der Waals surface area contributed by atoms with Crippen molar-refractivity contribution in [1.29, 1.82) is 0 Å². The Hall–Kier alpha value is -2.04. The first-order chi connectivity index (χ1) is 7.42. The van der Waals surface area contributed by atoms with Gasteiger partial charge < -0.3 is 15.3 Å². The van der Waals surface area contributed by atoms with E-state index in [1.807, 2.05) is 0 Å². The number of phenols is 2. The van der Waals surface area contributed by atoms with E-state index in [2.05, 4.69) is 4.99 Å². The summed E-state index contributed by atoms with van der Waals surface area (Å²) in [5.41, 5.74) is -0.179. The molecule has 1 heterocycles. The number of rotatable bonds is 1. The highest BCUT2D eigenvalue weighted by molar-refractivity contribution is 5.92. The number of nitrogens with zero attached hydrogens (tertiary/aromatic N) is 1. The van der Waals surface area contributed by atoms with Gasteiger partial charge in [-0.15, -0.1) is 0 Å². The van der Waals surface area contributed by atoms with Gasteiger partial charge in [0.2, 0.25) is 0 Å². The first kappa shape index (κ1) is 10.5. The predicted molar refractivity (Wildman–Crippen MR) is 57.1 cm³/mol. The minimum atomic E-state index is -1.23. The van der Waals surface area contributed by atoms with Gasteiger partial charge in [0.05, 0.1) is 0 Å². The first-order valence-electron chi connectivity index (χ1n) is 4.76. The number of benzene rings is 1. The number of aromatic hydroxyl groups is 2.